The topological polar surface area (TPSA) is 113 Å². The van der Waals surface area contributed by atoms with E-state index in [0.717, 1.165) is 43.9 Å². The van der Waals surface area contributed by atoms with Crippen LogP contribution in [0, 0.1) is 12.8 Å². The van der Waals surface area contributed by atoms with Gasteiger partial charge in [0.15, 0.2) is 0 Å². The van der Waals surface area contributed by atoms with Crippen molar-refractivity contribution in [1.29, 1.82) is 0 Å². The van der Waals surface area contributed by atoms with Crippen LogP contribution in [0.2, 0.25) is 0 Å². The van der Waals surface area contributed by atoms with Crippen LogP contribution in [0.25, 0.3) is 0 Å². The predicted molar refractivity (Wildman–Crippen MR) is 84.6 cm³/mol. The Bertz CT molecular complexity index is 512. The lowest BCUT2D eigenvalue weighted by Gasteiger charge is -2.30. The summed E-state index contributed by atoms with van der Waals surface area (Å²) in [5.74, 6) is -0.166. The second-order valence-corrected chi connectivity index (χ2v) is 6.56. The molecule has 1 aliphatic heterocycles. The number of likely N-dealkylation sites (tertiary alicyclic amines) is 1. The van der Waals surface area contributed by atoms with Gasteiger partial charge in [0.05, 0.1) is 0 Å². The first-order chi connectivity index (χ1) is 10.5. The van der Waals surface area contributed by atoms with Crippen molar-refractivity contribution in [3.05, 3.63) is 5.01 Å². The van der Waals surface area contributed by atoms with Gasteiger partial charge in [-0.25, -0.2) is 4.79 Å². The van der Waals surface area contributed by atoms with E-state index in [-0.39, 0.29) is 17.9 Å². The number of carbonyl (C=O) groups excluding carboxylic acids is 2. The summed E-state index contributed by atoms with van der Waals surface area (Å²) in [5.41, 5.74) is 5.31. The van der Waals surface area contributed by atoms with Gasteiger partial charge >= 0.3 is 6.03 Å². The highest BCUT2D eigenvalue weighted by atomic mass is 32.1. The van der Waals surface area contributed by atoms with Crippen LogP contribution in [0.15, 0.2) is 0 Å². The maximum atomic E-state index is 11.6. The largest absolute Gasteiger partial charge is 0.369 e. The molecule has 1 saturated heterocycles. The maximum Gasteiger partial charge on any atom is 0.321 e. The van der Waals surface area contributed by atoms with E-state index in [1.54, 1.807) is 0 Å². The van der Waals surface area contributed by atoms with Crippen molar-refractivity contribution in [3.8, 4) is 0 Å². The quantitative estimate of drug-likeness (QED) is 0.661. The Morgan fingerprint density at radius 3 is 2.68 bits per heavy atom. The molecule has 0 radical (unpaired) electrons. The number of amides is 3. The lowest BCUT2D eigenvalue weighted by atomic mass is 9.96. The third-order valence-corrected chi connectivity index (χ3v) is 4.43. The molecule has 0 aromatic carbocycles. The van der Waals surface area contributed by atoms with E-state index in [9.17, 15) is 9.59 Å². The number of anilines is 1. The molecule has 4 N–H and O–H groups in total. The van der Waals surface area contributed by atoms with Crippen LogP contribution in [0.5, 0.6) is 0 Å². The number of primary amides is 1. The lowest BCUT2D eigenvalue weighted by Crippen LogP contribution is -2.40. The summed E-state index contributed by atoms with van der Waals surface area (Å²) in [5, 5.41) is 14.4. The van der Waals surface area contributed by atoms with Gasteiger partial charge < -0.3 is 16.0 Å². The minimum absolute atomic E-state index is 0.0236. The summed E-state index contributed by atoms with van der Waals surface area (Å²) in [7, 11) is 0. The summed E-state index contributed by atoms with van der Waals surface area (Å²) in [4.78, 5) is 25.0. The standard InChI is InChI=1S/C13H22N6O2S/c1-9-17-18-13(22-9)16-12(21)15-5-2-6-19-7-3-10(4-8-19)11(14)20/h10H,2-8H2,1H3,(H2,14,20)(H2,15,16,18,21). The van der Waals surface area contributed by atoms with E-state index < -0.39 is 0 Å². The number of rotatable bonds is 6. The van der Waals surface area contributed by atoms with Gasteiger partial charge in [-0.05, 0) is 45.8 Å². The SMILES string of the molecule is Cc1nnc(NC(=O)NCCCN2CCC(C(N)=O)CC2)s1. The molecule has 3 amide bonds. The molecule has 1 fully saturated rings. The second kappa shape index (κ2) is 8.04. The molecule has 1 aromatic heterocycles. The minimum Gasteiger partial charge on any atom is -0.369 e. The molecule has 0 spiro atoms. The van der Waals surface area contributed by atoms with E-state index in [1.165, 1.54) is 11.3 Å². The van der Waals surface area contributed by atoms with Crippen LogP contribution in [0.4, 0.5) is 9.93 Å². The zero-order valence-electron chi connectivity index (χ0n) is 12.7. The number of hydrogen-bond donors (Lipinski definition) is 3. The number of nitrogens with one attached hydrogen (secondary N) is 2. The number of aromatic nitrogens is 2. The Labute approximate surface area is 133 Å². The molecule has 0 bridgehead atoms. The van der Waals surface area contributed by atoms with Gasteiger partial charge in [-0.15, -0.1) is 10.2 Å². The predicted octanol–water partition coefficient (Wildman–Crippen LogP) is 0.555. The van der Waals surface area contributed by atoms with E-state index in [2.05, 4.69) is 25.7 Å². The van der Waals surface area contributed by atoms with Crippen molar-refractivity contribution in [2.75, 3.05) is 31.5 Å². The smallest absolute Gasteiger partial charge is 0.321 e. The van der Waals surface area contributed by atoms with Gasteiger partial charge in [-0.1, -0.05) is 11.3 Å². The van der Waals surface area contributed by atoms with Crippen LogP contribution >= 0.6 is 11.3 Å². The fourth-order valence-electron chi connectivity index (χ4n) is 2.43. The van der Waals surface area contributed by atoms with Crippen molar-refractivity contribution in [2.45, 2.75) is 26.2 Å². The zero-order chi connectivity index (χ0) is 15.9. The third kappa shape index (κ3) is 5.23. The fourth-order valence-corrected chi connectivity index (χ4v) is 3.02. The number of carbonyl (C=O) groups is 2. The summed E-state index contributed by atoms with van der Waals surface area (Å²) in [6, 6.07) is -0.261. The molecular formula is C13H22N6O2S. The average molecular weight is 326 g/mol. The minimum atomic E-state index is -0.261. The maximum absolute atomic E-state index is 11.6. The Morgan fingerprint density at radius 1 is 1.36 bits per heavy atom. The highest BCUT2D eigenvalue weighted by Crippen LogP contribution is 2.16. The van der Waals surface area contributed by atoms with Crippen molar-refractivity contribution in [3.63, 3.8) is 0 Å². The normalized spacial score (nSPS) is 16.4. The molecule has 2 heterocycles. The Morgan fingerprint density at radius 2 is 2.09 bits per heavy atom. The van der Waals surface area contributed by atoms with Gasteiger partial charge in [0, 0.05) is 12.5 Å². The third-order valence-electron chi connectivity index (χ3n) is 3.67. The lowest BCUT2D eigenvalue weighted by molar-refractivity contribution is -0.123. The van der Waals surface area contributed by atoms with Gasteiger partial charge in [0.1, 0.15) is 5.01 Å². The van der Waals surface area contributed by atoms with Gasteiger partial charge in [0.25, 0.3) is 0 Å². The molecule has 8 nitrogen and oxygen atoms in total. The first kappa shape index (κ1) is 16.6. The van der Waals surface area contributed by atoms with Crippen LogP contribution in [-0.4, -0.2) is 53.2 Å². The van der Waals surface area contributed by atoms with Gasteiger partial charge in [-0.2, -0.15) is 0 Å². The molecule has 1 aromatic rings. The van der Waals surface area contributed by atoms with Gasteiger partial charge in [-0.3, -0.25) is 10.1 Å². The van der Waals surface area contributed by atoms with Crippen molar-refractivity contribution >= 4 is 28.4 Å². The average Bonchev–Trinajstić information content (AvgIpc) is 2.89. The number of hydrogen-bond acceptors (Lipinski definition) is 6. The fraction of sp³-hybridized carbons (Fsp3) is 0.692. The molecule has 1 aliphatic rings. The molecule has 9 heteroatoms. The Hall–Kier alpha value is -1.74. The zero-order valence-corrected chi connectivity index (χ0v) is 13.5. The van der Waals surface area contributed by atoms with E-state index in [1.807, 2.05) is 6.92 Å². The van der Waals surface area contributed by atoms with Crippen molar-refractivity contribution in [2.24, 2.45) is 11.7 Å². The summed E-state index contributed by atoms with van der Waals surface area (Å²) in [6.07, 6.45) is 2.53. The molecule has 122 valence electrons. The van der Waals surface area contributed by atoms with Crippen LogP contribution < -0.4 is 16.4 Å². The molecule has 0 unspecified atom stereocenters. The Kier molecular flexibility index (Phi) is 6.08. The van der Waals surface area contributed by atoms with Crippen molar-refractivity contribution in [1.82, 2.24) is 20.4 Å². The van der Waals surface area contributed by atoms with E-state index >= 15 is 0 Å². The number of aryl methyl sites for hydroxylation is 1. The van der Waals surface area contributed by atoms with Gasteiger partial charge in [0.2, 0.25) is 11.0 Å². The second-order valence-electron chi connectivity index (χ2n) is 5.38. The highest BCUT2D eigenvalue weighted by molar-refractivity contribution is 7.15. The first-order valence-corrected chi connectivity index (χ1v) is 8.23. The molecule has 0 saturated carbocycles. The number of piperidine rings is 1. The highest BCUT2D eigenvalue weighted by Gasteiger charge is 2.22. The summed E-state index contributed by atoms with van der Waals surface area (Å²) >= 11 is 1.34. The molecule has 2 rings (SSSR count). The molecule has 0 aliphatic carbocycles. The van der Waals surface area contributed by atoms with E-state index in [4.69, 9.17) is 5.73 Å². The van der Waals surface area contributed by atoms with Crippen LogP contribution in [0.1, 0.15) is 24.3 Å². The number of urea groups is 1. The molecule has 0 atom stereocenters. The number of nitrogens with zero attached hydrogens (tertiary/aromatic N) is 3. The summed E-state index contributed by atoms with van der Waals surface area (Å²) < 4.78 is 0. The van der Waals surface area contributed by atoms with Crippen LogP contribution in [0.3, 0.4) is 0 Å². The van der Waals surface area contributed by atoms with Crippen LogP contribution in [-0.2, 0) is 4.79 Å². The molecule has 22 heavy (non-hydrogen) atoms. The number of nitrogens with two attached hydrogens (primary N) is 1. The summed E-state index contributed by atoms with van der Waals surface area (Å²) in [6.45, 7) is 5.12. The first-order valence-electron chi connectivity index (χ1n) is 7.41. The monoisotopic (exact) mass is 326 g/mol. The van der Waals surface area contributed by atoms with Crippen molar-refractivity contribution < 1.29 is 9.59 Å². The Balaban J connectivity index is 1.56. The van der Waals surface area contributed by atoms with E-state index in [0.29, 0.717) is 11.7 Å². The molecular weight excluding hydrogens is 304 g/mol.